The summed E-state index contributed by atoms with van der Waals surface area (Å²) in [5, 5.41) is 10.2. The predicted octanol–water partition coefficient (Wildman–Crippen LogP) is 2.52. The first-order chi connectivity index (χ1) is 5.72. The number of rotatable bonds is 1. The van der Waals surface area contributed by atoms with E-state index in [0.717, 1.165) is 0 Å². The zero-order valence-corrected chi connectivity index (χ0v) is 11.1. The number of hydrogen-bond donors (Lipinski definition) is 0. The van der Waals surface area contributed by atoms with Crippen LogP contribution in [0.4, 0.5) is 5.69 Å². The minimum absolute atomic E-state index is 0. The van der Waals surface area contributed by atoms with Gasteiger partial charge < -0.3 is 12.6 Å². The zero-order chi connectivity index (χ0) is 9.56. The summed E-state index contributed by atoms with van der Waals surface area (Å²) in [4.78, 5) is 9.96. The average Bonchev–Trinajstić information content (AvgIpc) is 2.08. The van der Waals surface area contributed by atoms with Crippen molar-refractivity contribution < 1.29 is 26.0 Å². The van der Waals surface area contributed by atoms with E-state index in [9.17, 15) is 10.1 Å². The third-order valence-corrected chi connectivity index (χ3v) is 1.41. The van der Waals surface area contributed by atoms with Crippen LogP contribution in [0.5, 0.6) is 0 Å². The molecule has 1 rings (SSSR count). The Labute approximate surface area is 97.4 Å². The zero-order valence-electron chi connectivity index (χ0n) is 7.39. The van der Waals surface area contributed by atoms with Crippen LogP contribution in [0, 0.1) is 10.1 Å². The third kappa shape index (κ3) is 4.96. The van der Waals surface area contributed by atoms with Gasteiger partial charge in [-0.25, -0.2) is 0 Å². The second-order valence-corrected chi connectivity index (χ2v) is 2.16. The maximum atomic E-state index is 10.2. The maximum Gasteiger partial charge on any atom is 0.250 e. The van der Waals surface area contributed by atoms with E-state index in [4.69, 9.17) is 0 Å². The fraction of sp³-hybridized carbons (Fsp3) is 0.250. The average molecular weight is 368 g/mol. The summed E-state index contributed by atoms with van der Waals surface area (Å²) in [5.74, 6) is 0. The molecule has 0 spiro atoms. The van der Waals surface area contributed by atoms with Crippen LogP contribution < -0.4 is 0 Å². The standard InChI is InChI=1S/C6H5NO2S.C2H6.W/c8-7(9)5-3-1-2-4-6(5)10;1-2;/h1-4,10H;1-2H3;/p-1. The van der Waals surface area contributed by atoms with Gasteiger partial charge in [-0.2, -0.15) is 0 Å². The van der Waals surface area contributed by atoms with Crippen LogP contribution >= 0.6 is 0 Å². The van der Waals surface area contributed by atoms with E-state index in [-0.39, 0.29) is 31.6 Å². The normalized spacial score (nSPS) is 7.54. The molecule has 0 heterocycles. The van der Waals surface area contributed by atoms with Gasteiger partial charge in [0.2, 0.25) is 5.69 Å². The molecule has 0 aromatic heterocycles. The summed E-state index contributed by atoms with van der Waals surface area (Å²) in [6.07, 6.45) is 0. The molecule has 0 bridgehead atoms. The summed E-state index contributed by atoms with van der Waals surface area (Å²) in [6, 6.07) is 6.19. The number of benzene rings is 1. The Morgan fingerprint density at radius 3 is 2.08 bits per heavy atom. The molecule has 0 saturated heterocycles. The molecule has 0 unspecified atom stereocenters. The second kappa shape index (κ2) is 8.14. The van der Waals surface area contributed by atoms with Crippen LogP contribution in [0.15, 0.2) is 29.2 Å². The van der Waals surface area contributed by atoms with Crippen LogP contribution in [0.3, 0.4) is 0 Å². The molecular weight excluding hydrogens is 358 g/mol. The van der Waals surface area contributed by atoms with Crippen LogP contribution in [0.1, 0.15) is 13.8 Å². The van der Waals surface area contributed by atoms with E-state index in [0.29, 0.717) is 0 Å². The van der Waals surface area contributed by atoms with Crippen molar-refractivity contribution in [1.82, 2.24) is 0 Å². The van der Waals surface area contributed by atoms with Crippen molar-refractivity contribution in [3.63, 3.8) is 0 Å². The predicted molar refractivity (Wildman–Crippen MR) is 50.1 cm³/mol. The molecule has 0 fully saturated rings. The van der Waals surface area contributed by atoms with Gasteiger partial charge in [0.15, 0.2) is 0 Å². The van der Waals surface area contributed by atoms with E-state index in [1.165, 1.54) is 12.1 Å². The molecule has 0 aliphatic heterocycles. The molecule has 0 aliphatic rings. The van der Waals surface area contributed by atoms with Crippen LogP contribution in [-0.2, 0) is 33.7 Å². The summed E-state index contributed by atoms with van der Waals surface area (Å²) in [6.45, 7) is 4.00. The number of nitro benzene ring substituents is 1. The number of nitro groups is 1. The van der Waals surface area contributed by atoms with Crippen molar-refractivity contribution in [1.29, 1.82) is 0 Å². The first-order valence-electron chi connectivity index (χ1n) is 3.62. The Kier molecular flexibility index (Phi) is 9.41. The summed E-state index contributed by atoms with van der Waals surface area (Å²) < 4.78 is 0. The second-order valence-electron chi connectivity index (χ2n) is 1.72. The minimum atomic E-state index is -0.484. The Morgan fingerprint density at radius 2 is 1.77 bits per heavy atom. The van der Waals surface area contributed by atoms with Crippen LogP contribution in [0.2, 0.25) is 0 Å². The van der Waals surface area contributed by atoms with Gasteiger partial charge in [0.1, 0.15) is 0 Å². The van der Waals surface area contributed by atoms with Gasteiger partial charge >= 0.3 is 0 Å². The Balaban J connectivity index is 0. The fourth-order valence-electron chi connectivity index (χ4n) is 0.608. The third-order valence-electron chi connectivity index (χ3n) is 1.06. The molecule has 13 heavy (non-hydrogen) atoms. The SMILES string of the molecule is CC.O=[N+]([O-])c1ccccc1[S-].[W]. The van der Waals surface area contributed by atoms with E-state index in [2.05, 4.69) is 12.6 Å². The van der Waals surface area contributed by atoms with Crippen molar-refractivity contribution >= 4 is 18.3 Å². The van der Waals surface area contributed by atoms with E-state index < -0.39 is 4.92 Å². The number of para-hydroxylation sites is 1. The molecule has 0 radical (unpaired) electrons. The van der Waals surface area contributed by atoms with E-state index in [1.807, 2.05) is 13.8 Å². The van der Waals surface area contributed by atoms with Gasteiger partial charge in [0, 0.05) is 27.1 Å². The van der Waals surface area contributed by atoms with Gasteiger partial charge in [-0.3, -0.25) is 10.1 Å². The Bertz CT molecular complexity index is 268. The van der Waals surface area contributed by atoms with Gasteiger partial charge in [-0.15, -0.1) is 0 Å². The van der Waals surface area contributed by atoms with Gasteiger partial charge in [-0.1, -0.05) is 36.9 Å². The fourth-order valence-corrected chi connectivity index (χ4v) is 0.829. The molecule has 0 aliphatic carbocycles. The molecule has 0 atom stereocenters. The first-order valence-corrected chi connectivity index (χ1v) is 4.03. The molecule has 3 nitrogen and oxygen atoms in total. The molecule has 72 valence electrons. The molecular formula is C8H10NO2SW-. The van der Waals surface area contributed by atoms with Crippen LogP contribution in [0.25, 0.3) is 0 Å². The molecule has 5 heteroatoms. The minimum Gasteiger partial charge on any atom is -0.773 e. The van der Waals surface area contributed by atoms with Crippen molar-refractivity contribution in [3.05, 3.63) is 34.4 Å². The Morgan fingerprint density at radius 1 is 1.31 bits per heavy atom. The van der Waals surface area contributed by atoms with Gasteiger partial charge in [0.25, 0.3) is 0 Å². The largest absolute Gasteiger partial charge is 0.773 e. The van der Waals surface area contributed by atoms with Crippen LogP contribution in [-0.4, -0.2) is 4.92 Å². The molecule has 0 amide bonds. The smallest absolute Gasteiger partial charge is 0.250 e. The van der Waals surface area contributed by atoms with Crippen molar-refractivity contribution in [2.24, 2.45) is 0 Å². The van der Waals surface area contributed by atoms with Gasteiger partial charge in [-0.05, 0) is 0 Å². The topological polar surface area (TPSA) is 43.1 Å². The van der Waals surface area contributed by atoms with Gasteiger partial charge in [0.05, 0.1) is 4.92 Å². The number of nitrogens with zero attached hydrogens (tertiary/aromatic N) is 1. The van der Waals surface area contributed by atoms with Crippen molar-refractivity contribution in [2.75, 3.05) is 0 Å². The summed E-state index contributed by atoms with van der Waals surface area (Å²) in [5.41, 5.74) is -0.00231. The summed E-state index contributed by atoms with van der Waals surface area (Å²) >= 11 is 4.69. The van der Waals surface area contributed by atoms with Crippen molar-refractivity contribution in [2.45, 2.75) is 18.7 Å². The monoisotopic (exact) mass is 368 g/mol. The molecule has 0 N–H and O–H groups in total. The van der Waals surface area contributed by atoms with E-state index >= 15 is 0 Å². The molecule has 0 saturated carbocycles. The number of hydrogen-bond acceptors (Lipinski definition) is 3. The molecule has 1 aromatic carbocycles. The van der Waals surface area contributed by atoms with E-state index in [1.54, 1.807) is 12.1 Å². The molecule has 1 aromatic rings. The summed E-state index contributed by atoms with van der Waals surface area (Å²) in [7, 11) is 0. The Hall–Kier alpha value is -0.472. The maximum absolute atomic E-state index is 10.2. The van der Waals surface area contributed by atoms with Crippen molar-refractivity contribution in [3.8, 4) is 0 Å². The first kappa shape index (κ1) is 15.0. The quantitative estimate of drug-likeness (QED) is 0.435.